The second-order valence-corrected chi connectivity index (χ2v) is 10.2. The van der Waals surface area contributed by atoms with Gasteiger partial charge in [0.15, 0.2) is 0 Å². The largest absolute Gasteiger partial charge is 0.497 e. The van der Waals surface area contributed by atoms with Crippen LogP contribution >= 0.6 is 0 Å². The summed E-state index contributed by atoms with van der Waals surface area (Å²) >= 11 is 0. The van der Waals surface area contributed by atoms with Gasteiger partial charge < -0.3 is 19.5 Å². The predicted molar refractivity (Wildman–Crippen MR) is 149 cm³/mol. The summed E-state index contributed by atoms with van der Waals surface area (Å²) < 4.78 is 5.30. The number of carbonyl (C=O) groups excluding carboxylic acids is 2. The van der Waals surface area contributed by atoms with E-state index in [0.717, 1.165) is 48.9 Å². The van der Waals surface area contributed by atoms with E-state index in [1.165, 1.54) is 30.2 Å². The van der Waals surface area contributed by atoms with Gasteiger partial charge in [-0.25, -0.2) is 0 Å². The van der Waals surface area contributed by atoms with Gasteiger partial charge in [-0.15, -0.1) is 0 Å². The summed E-state index contributed by atoms with van der Waals surface area (Å²) in [4.78, 5) is 33.8. The molecular weight excluding hydrogens is 462 g/mol. The third-order valence-electron chi connectivity index (χ3n) is 7.32. The molecule has 3 aromatic rings. The SMILES string of the molecule is CCCCCCCC(=O)N(CC(=O)N(CCc1c[nH]c2ccccc12)Cc1ccc(OC)cc1)C1CC1. The minimum absolute atomic E-state index is 0.0156. The Bertz CT molecular complexity index is 1150. The lowest BCUT2D eigenvalue weighted by molar-refractivity contribution is -0.141. The minimum Gasteiger partial charge on any atom is -0.497 e. The second-order valence-electron chi connectivity index (χ2n) is 10.2. The first-order valence-electron chi connectivity index (χ1n) is 13.8. The Kier molecular flexibility index (Phi) is 9.64. The maximum atomic E-state index is 13.7. The van der Waals surface area contributed by atoms with Crippen LogP contribution in [-0.2, 0) is 22.6 Å². The van der Waals surface area contributed by atoms with E-state index in [-0.39, 0.29) is 24.4 Å². The smallest absolute Gasteiger partial charge is 0.242 e. The first kappa shape index (κ1) is 26.8. The summed E-state index contributed by atoms with van der Waals surface area (Å²) in [5.74, 6) is 0.945. The molecule has 0 aliphatic heterocycles. The Morgan fingerprint density at radius 3 is 2.46 bits per heavy atom. The van der Waals surface area contributed by atoms with Crippen molar-refractivity contribution in [3.63, 3.8) is 0 Å². The molecule has 6 nitrogen and oxygen atoms in total. The van der Waals surface area contributed by atoms with Gasteiger partial charge in [-0.3, -0.25) is 9.59 Å². The average Bonchev–Trinajstić information content (AvgIpc) is 3.69. The number of fused-ring (bicyclic) bond motifs is 1. The third-order valence-corrected chi connectivity index (χ3v) is 7.32. The molecule has 0 unspecified atom stereocenters. The highest BCUT2D eigenvalue weighted by Gasteiger charge is 2.34. The van der Waals surface area contributed by atoms with Gasteiger partial charge in [0.05, 0.1) is 7.11 Å². The molecule has 6 heteroatoms. The zero-order valence-electron chi connectivity index (χ0n) is 22.4. The monoisotopic (exact) mass is 503 g/mol. The fourth-order valence-electron chi connectivity index (χ4n) is 4.91. The van der Waals surface area contributed by atoms with Crippen LogP contribution in [0.15, 0.2) is 54.7 Å². The number of nitrogens with one attached hydrogen (secondary N) is 1. The topological polar surface area (TPSA) is 65.6 Å². The molecule has 1 aliphatic rings. The summed E-state index contributed by atoms with van der Waals surface area (Å²) in [6, 6.07) is 16.3. The molecule has 0 saturated heterocycles. The molecule has 4 rings (SSSR count). The van der Waals surface area contributed by atoms with Gasteiger partial charge in [0.2, 0.25) is 11.8 Å². The van der Waals surface area contributed by atoms with E-state index in [4.69, 9.17) is 4.74 Å². The number of hydrogen-bond acceptors (Lipinski definition) is 3. The van der Waals surface area contributed by atoms with E-state index in [1.807, 2.05) is 52.4 Å². The van der Waals surface area contributed by atoms with Crippen molar-refractivity contribution in [1.29, 1.82) is 0 Å². The van der Waals surface area contributed by atoms with Crippen LogP contribution in [0.2, 0.25) is 0 Å². The van der Waals surface area contributed by atoms with E-state index in [9.17, 15) is 9.59 Å². The molecule has 0 spiro atoms. The maximum absolute atomic E-state index is 13.7. The van der Waals surface area contributed by atoms with Crippen molar-refractivity contribution < 1.29 is 14.3 Å². The van der Waals surface area contributed by atoms with E-state index in [2.05, 4.69) is 24.0 Å². The van der Waals surface area contributed by atoms with Gasteiger partial charge in [0.1, 0.15) is 12.3 Å². The standard InChI is InChI=1S/C31H41N3O3/c1-3-4-5-6-7-12-30(35)34(26-15-16-26)23-31(36)33(22-24-13-17-27(37-2)18-14-24)20-19-25-21-32-29-11-9-8-10-28(25)29/h8-11,13-14,17-18,21,26,32H,3-7,12,15-16,19-20,22-23H2,1-2H3. The lowest BCUT2D eigenvalue weighted by Crippen LogP contribution is -2.44. The number of ether oxygens (including phenoxy) is 1. The second kappa shape index (κ2) is 13.3. The Balaban J connectivity index is 1.43. The number of aromatic amines is 1. The minimum atomic E-state index is 0.0156. The number of H-pyrrole nitrogens is 1. The van der Waals surface area contributed by atoms with E-state index in [1.54, 1.807) is 7.11 Å². The number of aromatic nitrogens is 1. The molecule has 0 bridgehead atoms. The van der Waals surface area contributed by atoms with Gasteiger partial charge in [-0.2, -0.15) is 0 Å². The normalized spacial score (nSPS) is 13.0. The van der Waals surface area contributed by atoms with Crippen molar-refractivity contribution in [3.8, 4) is 5.75 Å². The quantitative estimate of drug-likeness (QED) is 0.255. The molecule has 1 aromatic heterocycles. The first-order valence-corrected chi connectivity index (χ1v) is 13.8. The molecule has 198 valence electrons. The van der Waals surface area contributed by atoms with Crippen LogP contribution in [0.3, 0.4) is 0 Å². The van der Waals surface area contributed by atoms with Crippen molar-refractivity contribution in [2.75, 3.05) is 20.2 Å². The van der Waals surface area contributed by atoms with Gasteiger partial charge in [0.25, 0.3) is 0 Å². The van der Waals surface area contributed by atoms with E-state index >= 15 is 0 Å². The van der Waals surface area contributed by atoms with E-state index in [0.29, 0.717) is 19.5 Å². The highest BCUT2D eigenvalue weighted by molar-refractivity contribution is 5.86. The Labute approximate surface area is 221 Å². The predicted octanol–water partition coefficient (Wildman–Crippen LogP) is 6.10. The molecule has 1 saturated carbocycles. The number of rotatable bonds is 15. The summed E-state index contributed by atoms with van der Waals surface area (Å²) in [5, 5.41) is 1.19. The Morgan fingerprint density at radius 1 is 0.973 bits per heavy atom. The summed E-state index contributed by atoms with van der Waals surface area (Å²) in [6.07, 6.45) is 10.9. The highest BCUT2D eigenvalue weighted by atomic mass is 16.5. The van der Waals surface area contributed by atoms with Crippen molar-refractivity contribution in [2.45, 2.75) is 77.3 Å². The van der Waals surface area contributed by atoms with Crippen molar-refractivity contribution in [2.24, 2.45) is 0 Å². The third kappa shape index (κ3) is 7.61. The van der Waals surface area contributed by atoms with Gasteiger partial charge >= 0.3 is 0 Å². The fraction of sp³-hybridized carbons (Fsp3) is 0.484. The zero-order chi connectivity index (χ0) is 26.0. The number of carbonyl (C=O) groups is 2. The number of nitrogens with zero attached hydrogens (tertiary/aromatic N) is 2. The molecular formula is C31H41N3O3. The summed E-state index contributed by atoms with van der Waals surface area (Å²) in [7, 11) is 1.65. The Morgan fingerprint density at radius 2 is 1.73 bits per heavy atom. The summed E-state index contributed by atoms with van der Waals surface area (Å²) in [6.45, 7) is 3.47. The Hall–Kier alpha value is -3.28. The van der Waals surface area contributed by atoms with Crippen molar-refractivity contribution in [3.05, 3.63) is 65.9 Å². The first-order chi connectivity index (χ1) is 18.1. The number of methoxy groups -OCH3 is 1. The maximum Gasteiger partial charge on any atom is 0.242 e. The van der Waals surface area contributed by atoms with Crippen molar-refractivity contribution >= 4 is 22.7 Å². The van der Waals surface area contributed by atoms with Crippen molar-refractivity contribution in [1.82, 2.24) is 14.8 Å². The lowest BCUT2D eigenvalue weighted by atomic mass is 10.1. The molecule has 2 amide bonds. The summed E-state index contributed by atoms with van der Waals surface area (Å²) in [5.41, 5.74) is 3.36. The molecule has 1 heterocycles. The van der Waals surface area contributed by atoms with Crippen LogP contribution in [0.5, 0.6) is 5.75 Å². The molecule has 1 aliphatic carbocycles. The van der Waals surface area contributed by atoms with Gasteiger partial charge in [-0.05, 0) is 55.0 Å². The molecule has 0 radical (unpaired) electrons. The number of benzene rings is 2. The lowest BCUT2D eigenvalue weighted by Gasteiger charge is -2.28. The van der Waals surface area contributed by atoms with Crippen LogP contribution in [0.25, 0.3) is 10.9 Å². The van der Waals surface area contributed by atoms with Crippen LogP contribution in [0.1, 0.15) is 69.4 Å². The zero-order valence-corrected chi connectivity index (χ0v) is 22.4. The van der Waals surface area contributed by atoms with Crippen LogP contribution in [0.4, 0.5) is 0 Å². The molecule has 37 heavy (non-hydrogen) atoms. The van der Waals surface area contributed by atoms with Crippen LogP contribution in [-0.4, -0.2) is 52.8 Å². The number of hydrogen-bond donors (Lipinski definition) is 1. The molecule has 1 N–H and O–H groups in total. The molecule has 0 atom stereocenters. The van der Waals surface area contributed by atoms with Crippen LogP contribution < -0.4 is 4.74 Å². The van der Waals surface area contributed by atoms with Crippen LogP contribution in [0, 0.1) is 0 Å². The van der Waals surface area contributed by atoms with Gasteiger partial charge in [-0.1, -0.05) is 62.9 Å². The highest BCUT2D eigenvalue weighted by Crippen LogP contribution is 2.28. The fourth-order valence-corrected chi connectivity index (χ4v) is 4.91. The number of para-hydroxylation sites is 1. The van der Waals surface area contributed by atoms with Gasteiger partial charge in [0, 0.05) is 42.7 Å². The van der Waals surface area contributed by atoms with E-state index < -0.39 is 0 Å². The molecule has 1 fully saturated rings. The number of unbranched alkanes of at least 4 members (excludes halogenated alkanes) is 4. The number of amides is 2. The average molecular weight is 504 g/mol. The molecule has 2 aromatic carbocycles.